The molecule has 0 aliphatic heterocycles. The van der Waals surface area contributed by atoms with Gasteiger partial charge in [0.05, 0.1) is 5.69 Å². The molecule has 2 nitrogen and oxygen atoms in total. The Morgan fingerprint density at radius 3 is 1.55 bits per heavy atom. The molecule has 0 unspecified atom stereocenters. The van der Waals surface area contributed by atoms with Crippen molar-refractivity contribution >= 4 is 89.4 Å². The smallest absolute Gasteiger partial charge is 0.179 e. The van der Waals surface area contributed by atoms with E-state index in [1.54, 1.807) is 0 Å². The number of anilines is 3. The molecule has 0 bridgehead atoms. The first-order valence-electron chi connectivity index (χ1n) is 21.5. The third-order valence-corrected chi connectivity index (χ3v) is 17.6. The lowest BCUT2D eigenvalue weighted by Gasteiger charge is -2.36. The van der Waals surface area contributed by atoms with Gasteiger partial charge in [0.2, 0.25) is 0 Å². The maximum absolute atomic E-state index is 6.63. The van der Waals surface area contributed by atoms with E-state index in [0.717, 1.165) is 49.8 Å². The number of benzene rings is 10. The van der Waals surface area contributed by atoms with Crippen molar-refractivity contribution in [2.75, 3.05) is 4.90 Å². The van der Waals surface area contributed by atoms with E-state index in [0.29, 0.717) is 0 Å². The summed E-state index contributed by atoms with van der Waals surface area (Å²) in [5, 5.41) is 12.3. The van der Waals surface area contributed by atoms with Crippen LogP contribution >= 0.6 is 0 Å². The van der Waals surface area contributed by atoms with Gasteiger partial charge in [-0.3, -0.25) is 0 Å². The van der Waals surface area contributed by atoms with Crippen LogP contribution < -0.4 is 25.6 Å². The van der Waals surface area contributed by atoms with Crippen LogP contribution in [-0.2, 0) is 0 Å². The zero-order valence-electron chi connectivity index (χ0n) is 35.1. The molecule has 11 rings (SSSR count). The minimum Gasteiger partial charge on any atom is -0.455 e. The maximum atomic E-state index is 6.63. The van der Waals surface area contributed by atoms with Crippen LogP contribution in [0.4, 0.5) is 17.1 Å². The van der Waals surface area contributed by atoms with E-state index in [2.05, 4.69) is 244 Å². The standard InChI is InChI=1S/C59H45NOSi/c1-40-22-32-47(33-23-40)62(48-34-24-41(2)25-35-48,49-36-26-42(3)27-37-49)50-15-11-14-46(38-50)60(45-30-28-44(29-31-45)52-20-10-13-43-12-4-5-16-51(43)52)57-39-56-54-18-8-9-21-58(54)61-59(56)55-19-7-6-17-53(55)57/h4-39H,1-3H3. The summed E-state index contributed by atoms with van der Waals surface area (Å²) in [5.74, 6) is 0. The Kier molecular flexibility index (Phi) is 9.21. The lowest BCUT2D eigenvalue weighted by atomic mass is 9.97. The third kappa shape index (κ3) is 6.24. The monoisotopic (exact) mass is 811 g/mol. The lowest BCUT2D eigenvalue weighted by molar-refractivity contribution is 0.672. The summed E-state index contributed by atoms with van der Waals surface area (Å²) in [6, 6.07) is 81.2. The predicted octanol–water partition coefficient (Wildman–Crippen LogP) is 13.3. The van der Waals surface area contributed by atoms with Crippen LogP contribution in [0.2, 0.25) is 0 Å². The maximum Gasteiger partial charge on any atom is 0.179 e. The zero-order chi connectivity index (χ0) is 41.8. The van der Waals surface area contributed by atoms with E-state index in [-0.39, 0.29) is 0 Å². The largest absolute Gasteiger partial charge is 0.455 e. The molecule has 0 fully saturated rings. The number of hydrogen-bond acceptors (Lipinski definition) is 2. The fraction of sp³-hybridized carbons (Fsp3) is 0.0508. The highest BCUT2D eigenvalue weighted by molar-refractivity contribution is 7.20. The van der Waals surface area contributed by atoms with Gasteiger partial charge in [-0.25, -0.2) is 0 Å². The molecule has 1 aromatic heterocycles. The van der Waals surface area contributed by atoms with E-state index in [1.807, 2.05) is 0 Å². The van der Waals surface area contributed by atoms with Crippen molar-refractivity contribution in [3.8, 4) is 11.1 Å². The molecule has 0 saturated carbocycles. The molecule has 1 heterocycles. The second-order valence-electron chi connectivity index (χ2n) is 16.7. The zero-order valence-corrected chi connectivity index (χ0v) is 36.1. The first-order valence-corrected chi connectivity index (χ1v) is 23.5. The van der Waals surface area contributed by atoms with Crippen molar-refractivity contribution in [1.82, 2.24) is 0 Å². The van der Waals surface area contributed by atoms with Crippen LogP contribution in [0.15, 0.2) is 223 Å². The molecule has 0 aliphatic carbocycles. The number of nitrogens with zero attached hydrogens (tertiary/aromatic N) is 1. The third-order valence-electron chi connectivity index (χ3n) is 12.8. The van der Waals surface area contributed by atoms with Gasteiger partial charge < -0.3 is 9.32 Å². The van der Waals surface area contributed by atoms with Crippen molar-refractivity contribution in [3.05, 3.63) is 235 Å². The number of fused-ring (bicyclic) bond motifs is 6. The molecule has 10 aromatic carbocycles. The van der Waals surface area contributed by atoms with E-state index < -0.39 is 8.07 Å². The molecule has 0 N–H and O–H groups in total. The molecule has 11 aromatic rings. The SMILES string of the molecule is Cc1ccc([Si](c2ccc(C)cc2)(c2ccc(C)cc2)c2cccc(N(c3ccc(-c4cccc5ccccc45)cc3)c3cc4c5ccccc5oc4c4ccccc34)c2)cc1. The summed E-state index contributed by atoms with van der Waals surface area (Å²) in [6.45, 7) is 6.54. The topological polar surface area (TPSA) is 16.4 Å². The van der Waals surface area contributed by atoms with Gasteiger partial charge in [-0.05, 0) is 99.8 Å². The van der Waals surface area contributed by atoms with Crippen LogP contribution in [0.5, 0.6) is 0 Å². The number of para-hydroxylation sites is 1. The minimum atomic E-state index is -2.89. The summed E-state index contributed by atoms with van der Waals surface area (Å²) < 4.78 is 6.63. The highest BCUT2D eigenvalue weighted by Crippen LogP contribution is 2.45. The second kappa shape index (κ2) is 15.2. The van der Waals surface area contributed by atoms with Crippen LogP contribution in [0, 0.1) is 20.8 Å². The Bertz CT molecular complexity index is 3300. The van der Waals surface area contributed by atoms with Crippen LogP contribution in [0.1, 0.15) is 16.7 Å². The normalized spacial score (nSPS) is 11.8. The molecule has 296 valence electrons. The number of aryl methyl sites for hydroxylation is 3. The Morgan fingerprint density at radius 2 is 0.903 bits per heavy atom. The van der Waals surface area contributed by atoms with Gasteiger partial charge in [0.1, 0.15) is 11.2 Å². The molecule has 3 heteroatoms. The minimum absolute atomic E-state index is 0.892. The van der Waals surface area contributed by atoms with Crippen molar-refractivity contribution in [2.24, 2.45) is 0 Å². The Labute approximate surface area is 364 Å². The highest BCUT2D eigenvalue weighted by atomic mass is 28.3. The van der Waals surface area contributed by atoms with E-state index in [4.69, 9.17) is 4.42 Å². The average molecular weight is 812 g/mol. The van der Waals surface area contributed by atoms with Crippen molar-refractivity contribution in [1.29, 1.82) is 0 Å². The van der Waals surface area contributed by atoms with Crippen molar-refractivity contribution in [3.63, 3.8) is 0 Å². The Morgan fingerprint density at radius 1 is 0.371 bits per heavy atom. The van der Waals surface area contributed by atoms with Crippen molar-refractivity contribution < 1.29 is 4.42 Å². The summed E-state index contributed by atoms with van der Waals surface area (Å²) in [4.78, 5) is 2.47. The molecule has 62 heavy (non-hydrogen) atoms. The highest BCUT2D eigenvalue weighted by Gasteiger charge is 2.42. The van der Waals surface area contributed by atoms with Gasteiger partial charge in [-0.15, -0.1) is 0 Å². The van der Waals surface area contributed by atoms with Gasteiger partial charge in [-0.1, -0.05) is 199 Å². The number of furan rings is 1. The molecule has 0 aliphatic rings. The summed E-state index contributed by atoms with van der Waals surface area (Å²) in [5.41, 5.74) is 11.3. The van der Waals surface area contributed by atoms with Gasteiger partial charge in [0.25, 0.3) is 0 Å². The fourth-order valence-corrected chi connectivity index (χ4v) is 14.4. The summed E-state index contributed by atoms with van der Waals surface area (Å²) in [7, 11) is -2.89. The van der Waals surface area contributed by atoms with Crippen molar-refractivity contribution in [2.45, 2.75) is 20.8 Å². The molecular formula is C59H45NOSi. The molecule has 0 radical (unpaired) electrons. The lowest BCUT2D eigenvalue weighted by Crippen LogP contribution is -2.74. The quantitative estimate of drug-likeness (QED) is 0.112. The first kappa shape index (κ1) is 37.5. The Hall–Kier alpha value is -7.46. The average Bonchev–Trinajstić information content (AvgIpc) is 3.70. The van der Waals surface area contributed by atoms with Crippen LogP contribution in [-0.4, -0.2) is 8.07 Å². The van der Waals surface area contributed by atoms with Gasteiger partial charge in [0.15, 0.2) is 8.07 Å². The predicted molar refractivity (Wildman–Crippen MR) is 267 cm³/mol. The van der Waals surface area contributed by atoms with Gasteiger partial charge in [-0.2, -0.15) is 0 Å². The molecule has 0 spiro atoms. The first-order chi connectivity index (χ1) is 30.5. The van der Waals surface area contributed by atoms with E-state index >= 15 is 0 Å². The molecule has 0 amide bonds. The van der Waals surface area contributed by atoms with Crippen LogP contribution in [0.25, 0.3) is 54.6 Å². The van der Waals surface area contributed by atoms with Crippen LogP contribution in [0.3, 0.4) is 0 Å². The second-order valence-corrected chi connectivity index (χ2v) is 20.5. The summed E-state index contributed by atoms with van der Waals surface area (Å²) >= 11 is 0. The van der Waals surface area contributed by atoms with E-state index in [1.165, 1.54) is 59.3 Å². The number of rotatable bonds is 8. The van der Waals surface area contributed by atoms with E-state index in [9.17, 15) is 0 Å². The molecule has 0 atom stereocenters. The Balaban J connectivity index is 1.19. The van der Waals surface area contributed by atoms with Gasteiger partial charge >= 0.3 is 0 Å². The fourth-order valence-electron chi connectivity index (χ4n) is 9.70. The number of hydrogen-bond donors (Lipinski definition) is 0. The summed E-state index contributed by atoms with van der Waals surface area (Å²) in [6.07, 6.45) is 0. The molecular weight excluding hydrogens is 767 g/mol. The van der Waals surface area contributed by atoms with Gasteiger partial charge in [0, 0.05) is 32.9 Å². The molecule has 0 saturated heterocycles.